The van der Waals surface area contributed by atoms with Gasteiger partial charge in [0.15, 0.2) is 0 Å². The lowest BCUT2D eigenvalue weighted by Crippen LogP contribution is -2.42. The fourth-order valence-corrected chi connectivity index (χ4v) is 5.85. The van der Waals surface area contributed by atoms with Crippen LogP contribution in [-0.2, 0) is 11.2 Å². The zero-order valence-electron chi connectivity index (χ0n) is 11.6. The van der Waals surface area contributed by atoms with Gasteiger partial charge in [-0.1, -0.05) is 6.92 Å². The zero-order chi connectivity index (χ0) is 13.3. The maximum atomic E-state index is 6.59. The predicted octanol–water partition coefficient (Wildman–Crippen LogP) is 3.61. The normalized spacial score (nSPS) is 32.8. The van der Waals surface area contributed by atoms with Crippen molar-refractivity contribution in [2.75, 3.05) is 18.1 Å². The summed E-state index contributed by atoms with van der Waals surface area (Å²) in [7, 11) is 0. The monoisotopic (exact) mass is 297 g/mol. The summed E-state index contributed by atoms with van der Waals surface area (Å²) in [6.45, 7) is 3.11. The average Bonchev–Trinajstić information content (AvgIpc) is 3.07. The van der Waals surface area contributed by atoms with E-state index in [0.717, 1.165) is 25.9 Å². The summed E-state index contributed by atoms with van der Waals surface area (Å²) in [6, 6.07) is 2.45. The van der Waals surface area contributed by atoms with Crippen LogP contribution in [0.5, 0.6) is 0 Å². The second-order valence-corrected chi connectivity index (χ2v) is 7.83. The average molecular weight is 297 g/mol. The minimum absolute atomic E-state index is 0.148. The summed E-state index contributed by atoms with van der Waals surface area (Å²) in [4.78, 5) is 1.41. The molecule has 1 aromatic rings. The molecule has 0 amide bonds. The van der Waals surface area contributed by atoms with E-state index in [0.29, 0.717) is 5.92 Å². The lowest BCUT2D eigenvalue weighted by atomic mass is 9.80. The van der Waals surface area contributed by atoms with Crippen LogP contribution in [0.25, 0.3) is 0 Å². The van der Waals surface area contributed by atoms with Crippen molar-refractivity contribution in [3.8, 4) is 0 Å². The molecule has 0 radical (unpaired) electrons. The van der Waals surface area contributed by atoms with Crippen molar-refractivity contribution >= 4 is 23.1 Å². The summed E-state index contributed by atoms with van der Waals surface area (Å²) in [5, 5.41) is 2.19. The fourth-order valence-electron chi connectivity index (χ4n) is 3.38. The molecule has 4 heteroatoms. The maximum absolute atomic E-state index is 6.59. The highest BCUT2D eigenvalue weighted by atomic mass is 32.2. The molecular formula is C15H23NOS2. The first kappa shape index (κ1) is 13.9. The Balaban J connectivity index is 1.74. The molecule has 2 fully saturated rings. The second kappa shape index (κ2) is 5.76. The van der Waals surface area contributed by atoms with Crippen LogP contribution in [0.2, 0.25) is 0 Å². The molecule has 2 aliphatic rings. The quantitative estimate of drug-likeness (QED) is 0.925. The van der Waals surface area contributed by atoms with Crippen LogP contribution in [0.1, 0.15) is 42.7 Å². The van der Waals surface area contributed by atoms with Gasteiger partial charge < -0.3 is 10.5 Å². The Morgan fingerprint density at radius 3 is 3.21 bits per heavy atom. The molecule has 106 valence electrons. The topological polar surface area (TPSA) is 35.2 Å². The first-order chi connectivity index (χ1) is 9.24. The Morgan fingerprint density at radius 1 is 1.58 bits per heavy atom. The Bertz CT molecular complexity index is 426. The molecule has 2 saturated heterocycles. The number of nitrogens with two attached hydrogens (primary N) is 1. The molecule has 3 unspecified atom stereocenters. The van der Waals surface area contributed by atoms with Crippen molar-refractivity contribution in [3.63, 3.8) is 0 Å². The summed E-state index contributed by atoms with van der Waals surface area (Å²) in [5.41, 5.74) is 8.18. The summed E-state index contributed by atoms with van der Waals surface area (Å²) in [5.74, 6) is 3.01. The van der Waals surface area contributed by atoms with Crippen LogP contribution < -0.4 is 5.73 Å². The van der Waals surface area contributed by atoms with Crippen LogP contribution in [-0.4, -0.2) is 23.7 Å². The van der Waals surface area contributed by atoms with Crippen LogP contribution in [0.3, 0.4) is 0 Å². The molecule has 3 heterocycles. The summed E-state index contributed by atoms with van der Waals surface area (Å²) >= 11 is 3.87. The van der Waals surface area contributed by atoms with Crippen LogP contribution >= 0.6 is 23.1 Å². The predicted molar refractivity (Wildman–Crippen MR) is 84.0 cm³/mol. The van der Waals surface area contributed by atoms with E-state index in [4.69, 9.17) is 10.5 Å². The molecular weight excluding hydrogens is 274 g/mol. The molecule has 0 saturated carbocycles. The minimum atomic E-state index is 0.148. The third-order valence-electron chi connectivity index (χ3n) is 4.57. The van der Waals surface area contributed by atoms with Crippen molar-refractivity contribution < 1.29 is 4.74 Å². The first-order valence-corrected chi connectivity index (χ1v) is 9.31. The molecule has 1 aromatic heterocycles. The number of hydrogen-bond donors (Lipinski definition) is 1. The number of ether oxygens (including phenoxy) is 1. The van der Waals surface area contributed by atoms with Gasteiger partial charge >= 0.3 is 0 Å². The molecule has 0 bridgehead atoms. The molecule has 19 heavy (non-hydrogen) atoms. The Labute approximate surface area is 124 Å². The molecule has 1 spiro atoms. The van der Waals surface area contributed by atoms with Crippen molar-refractivity contribution in [2.24, 2.45) is 11.7 Å². The lowest BCUT2D eigenvalue weighted by Gasteiger charge is -2.40. The van der Waals surface area contributed by atoms with Gasteiger partial charge in [-0.25, -0.2) is 0 Å². The third-order valence-corrected chi connectivity index (χ3v) is 6.85. The number of thiophene rings is 1. The largest absolute Gasteiger partial charge is 0.374 e. The number of thioether (sulfide) groups is 1. The van der Waals surface area contributed by atoms with Gasteiger partial charge in [0.25, 0.3) is 0 Å². The first-order valence-electron chi connectivity index (χ1n) is 7.28. The van der Waals surface area contributed by atoms with Crippen molar-refractivity contribution in [2.45, 2.75) is 44.2 Å². The van der Waals surface area contributed by atoms with E-state index in [1.807, 2.05) is 23.1 Å². The van der Waals surface area contributed by atoms with Crippen molar-refractivity contribution in [3.05, 3.63) is 21.9 Å². The zero-order valence-corrected chi connectivity index (χ0v) is 13.2. The van der Waals surface area contributed by atoms with Crippen molar-refractivity contribution in [1.82, 2.24) is 0 Å². The van der Waals surface area contributed by atoms with Gasteiger partial charge in [0.1, 0.15) is 0 Å². The van der Waals surface area contributed by atoms with Crippen molar-refractivity contribution in [1.29, 1.82) is 0 Å². The molecule has 2 nitrogen and oxygen atoms in total. The van der Waals surface area contributed by atoms with E-state index in [-0.39, 0.29) is 11.6 Å². The highest BCUT2D eigenvalue weighted by Crippen LogP contribution is 2.44. The van der Waals surface area contributed by atoms with Gasteiger partial charge in [0.05, 0.1) is 5.60 Å². The van der Waals surface area contributed by atoms with E-state index in [2.05, 4.69) is 18.4 Å². The van der Waals surface area contributed by atoms with Gasteiger partial charge in [-0.2, -0.15) is 11.8 Å². The maximum Gasteiger partial charge on any atom is 0.0783 e. The van der Waals surface area contributed by atoms with Gasteiger partial charge in [-0.15, -0.1) is 11.3 Å². The van der Waals surface area contributed by atoms with Crippen LogP contribution in [0.4, 0.5) is 0 Å². The van der Waals surface area contributed by atoms with Crippen LogP contribution in [0, 0.1) is 5.92 Å². The van der Waals surface area contributed by atoms with Gasteiger partial charge in [-0.3, -0.25) is 0 Å². The molecule has 2 N–H and O–H groups in total. The minimum Gasteiger partial charge on any atom is -0.374 e. The third kappa shape index (κ3) is 2.73. The smallest absolute Gasteiger partial charge is 0.0783 e. The van der Waals surface area contributed by atoms with E-state index in [1.165, 1.54) is 28.4 Å². The van der Waals surface area contributed by atoms with Gasteiger partial charge in [-0.05, 0) is 54.4 Å². The van der Waals surface area contributed by atoms with E-state index < -0.39 is 0 Å². The summed E-state index contributed by atoms with van der Waals surface area (Å²) < 4.78 is 6.11. The molecule has 0 aliphatic carbocycles. The SMILES string of the molecule is CCc1ccsc1C(N)C1CCOC2(CCSC2)C1. The Morgan fingerprint density at radius 2 is 2.47 bits per heavy atom. The van der Waals surface area contributed by atoms with E-state index in [9.17, 15) is 0 Å². The van der Waals surface area contributed by atoms with E-state index in [1.54, 1.807) is 0 Å². The van der Waals surface area contributed by atoms with Gasteiger partial charge in [0.2, 0.25) is 0 Å². The molecule has 0 aromatic carbocycles. The molecule has 3 rings (SSSR count). The Hall–Kier alpha value is -0.0300. The standard InChI is InChI=1S/C15H23NOS2/c1-2-11-4-7-19-14(11)13(16)12-3-6-17-15(9-12)5-8-18-10-15/h4,7,12-13H,2-3,5-6,8-10,16H2,1H3. The molecule has 3 atom stereocenters. The lowest BCUT2D eigenvalue weighted by molar-refractivity contribution is -0.0833. The van der Waals surface area contributed by atoms with E-state index >= 15 is 0 Å². The number of aryl methyl sites for hydroxylation is 1. The second-order valence-electron chi connectivity index (χ2n) is 5.78. The number of rotatable bonds is 3. The summed E-state index contributed by atoms with van der Waals surface area (Å²) in [6.07, 6.45) is 4.58. The molecule has 2 aliphatic heterocycles. The fraction of sp³-hybridized carbons (Fsp3) is 0.733. The van der Waals surface area contributed by atoms with Crippen LogP contribution in [0.15, 0.2) is 11.4 Å². The Kier molecular flexibility index (Phi) is 4.22. The highest BCUT2D eigenvalue weighted by molar-refractivity contribution is 7.99. The van der Waals surface area contributed by atoms with Gasteiger partial charge in [0, 0.05) is 23.3 Å². The number of hydrogen-bond acceptors (Lipinski definition) is 4. The highest BCUT2D eigenvalue weighted by Gasteiger charge is 2.42.